The van der Waals surface area contributed by atoms with Crippen LogP contribution in [0.25, 0.3) is 0 Å². The van der Waals surface area contributed by atoms with E-state index in [4.69, 9.17) is 0 Å². The number of carbonyl (C=O) groups is 1. The van der Waals surface area contributed by atoms with Crippen LogP contribution < -0.4 is 0 Å². The maximum atomic E-state index is 12.3. The summed E-state index contributed by atoms with van der Waals surface area (Å²) in [5.41, 5.74) is 1.23. The van der Waals surface area contributed by atoms with Gasteiger partial charge in [0.2, 0.25) is 5.91 Å². The number of nitrogens with zero attached hydrogens (tertiary/aromatic N) is 3. The monoisotopic (exact) mass is 337 g/mol. The van der Waals surface area contributed by atoms with Crippen LogP contribution in [0.4, 0.5) is 0 Å². The van der Waals surface area contributed by atoms with Crippen molar-refractivity contribution in [3.8, 4) is 0 Å². The molecule has 23 heavy (non-hydrogen) atoms. The van der Waals surface area contributed by atoms with Crippen molar-refractivity contribution in [3.05, 3.63) is 30.1 Å². The quantitative estimate of drug-likeness (QED) is 0.802. The fourth-order valence-electron chi connectivity index (χ4n) is 3.31. The largest absolute Gasteiger partial charge is 0.340 e. The molecule has 1 unspecified atom stereocenters. The summed E-state index contributed by atoms with van der Waals surface area (Å²) in [6.45, 7) is 4.05. The van der Waals surface area contributed by atoms with Crippen LogP contribution in [0.1, 0.15) is 18.4 Å². The Morgan fingerprint density at radius 1 is 1.17 bits per heavy atom. The molecule has 0 saturated carbocycles. The normalized spacial score (nSPS) is 24.7. The molecular formula is C16H23N3O3S. The first kappa shape index (κ1) is 16.4. The molecular weight excluding hydrogens is 314 g/mol. The van der Waals surface area contributed by atoms with Crippen LogP contribution in [-0.2, 0) is 21.2 Å². The van der Waals surface area contributed by atoms with Gasteiger partial charge in [0, 0.05) is 51.5 Å². The number of rotatable bonds is 4. The summed E-state index contributed by atoms with van der Waals surface area (Å²) in [6.07, 6.45) is 4.61. The van der Waals surface area contributed by atoms with E-state index in [0.29, 0.717) is 12.8 Å². The molecule has 1 aromatic heterocycles. The highest BCUT2D eigenvalue weighted by molar-refractivity contribution is 7.91. The lowest BCUT2D eigenvalue weighted by Crippen LogP contribution is -2.48. The highest BCUT2D eigenvalue weighted by Gasteiger charge is 2.31. The van der Waals surface area contributed by atoms with Crippen molar-refractivity contribution in [2.24, 2.45) is 5.92 Å². The predicted octanol–water partition coefficient (Wildman–Crippen LogP) is 0.551. The molecule has 0 aliphatic carbocycles. The van der Waals surface area contributed by atoms with E-state index in [0.717, 1.165) is 32.7 Å². The number of hydrogen-bond donors (Lipinski definition) is 0. The van der Waals surface area contributed by atoms with Crippen molar-refractivity contribution in [2.75, 3.05) is 37.7 Å². The lowest BCUT2D eigenvalue weighted by molar-refractivity contribution is -0.133. The van der Waals surface area contributed by atoms with Gasteiger partial charge in [-0.15, -0.1) is 0 Å². The van der Waals surface area contributed by atoms with Gasteiger partial charge in [-0.2, -0.15) is 0 Å². The first-order valence-electron chi connectivity index (χ1n) is 8.11. The molecule has 1 aromatic rings. The molecule has 3 heterocycles. The first-order chi connectivity index (χ1) is 11.0. The highest BCUT2D eigenvalue weighted by Crippen LogP contribution is 2.22. The molecule has 2 saturated heterocycles. The number of sulfone groups is 1. The minimum Gasteiger partial charge on any atom is -0.340 e. The first-order valence-corrected chi connectivity index (χ1v) is 9.93. The Bertz CT molecular complexity index is 640. The SMILES string of the molecule is O=C(CC1CCS(=O)(=O)C1)N1CCN(Cc2ccncc2)CC1. The summed E-state index contributed by atoms with van der Waals surface area (Å²) in [7, 11) is -2.90. The topological polar surface area (TPSA) is 70.6 Å². The Morgan fingerprint density at radius 2 is 1.87 bits per heavy atom. The zero-order chi connectivity index (χ0) is 16.3. The smallest absolute Gasteiger partial charge is 0.222 e. The second kappa shape index (κ2) is 6.97. The summed E-state index contributed by atoms with van der Waals surface area (Å²) in [5.74, 6) is 0.545. The van der Waals surface area contributed by atoms with Gasteiger partial charge in [-0.1, -0.05) is 0 Å². The van der Waals surface area contributed by atoms with Gasteiger partial charge in [-0.3, -0.25) is 14.7 Å². The van der Waals surface area contributed by atoms with Crippen LogP contribution in [0.15, 0.2) is 24.5 Å². The van der Waals surface area contributed by atoms with Crippen LogP contribution >= 0.6 is 0 Å². The van der Waals surface area contributed by atoms with Gasteiger partial charge >= 0.3 is 0 Å². The standard InChI is InChI=1S/C16H23N3O3S/c20-16(11-15-3-10-23(21,22)13-15)19-8-6-18(7-9-19)12-14-1-4-17-5-2-14/h1-2,4-5,15H,3,6-13H2. The van der Waals surface area contributed by atoms with E-state index in [1.165, 1.54) is 5.56 Å². The van der Waals surface area contributed by atoms with Crippen molar-refractivity contribution < 1.29 is 13.2 Å². The van der Waals surface area contributed by atoms with Crippen molar-refractivity contribution in [1.82, 2.24) is 14.8 Å². The van der Waals surface area contributed by atoms with E-state index < -0.39 is 9.84 Å². The van der Waals surface area contributed by atoms with Crippen LogP contribution in [-0.4, -0.2) is 66.8 Å². The van der Waals surface area contributed by atoms with Gasteiger partial charge in [0.05, 0.1) is 11.5 Å². The van der Waals surface area contributed by atoms with E-state index in [2.05, 4.69) is 9.88 Å². The molecule has 2 aliphatic heterocycles. The number of aromatic nitrogens is 1. The van der Waals surface area contributed by atoms with Crippen molar-refractivity contribution >= 4 is 15.7 Å². The van der Waals surface area contributed by atoms with Gasteiger partial charge in [0.15, 0.2) is 9.84 Å². The molecule has 0 aromatic carbocycles. The summed E-state index contributed by atoms with van der Waals surface area (Å²) in [5, 5.41) is 0. The molecule has 1 amide bonds. The number of pyridine rings is 1. The summed E-state index contributed by atoms with van der Waals surface area (Å²) in [6, 6.07) is 4.02. The van der Waals surface area contributed by atoms with Gasteiger partial charge in [0.25, 0.3) is 0 Å². The van der Waals surface area contributed by atoms with Crippen LogP contribution in [0, 0.1) is 5.92 Å². The van der Waals surface area contributed by atoms with Gasteiger partial charge < -0.3 is 4.90 Å². The third-order valence-corrected chi connectivity index (χ3v) is 6.51. The maximum absolute atomic E-state index is 12.3. The van der Waals surface area contributed by atoms with Gasteiger partial charge in [0.1, 0.15) is 0 Å². The molecule has 2 aliphatic rings. The molecule has 0 spiro atoms. The lowest BCUT2D eigenvalue weighted by Gasteiger charge is -2.35. The molecule has 0 bridgehead atoms. The van der Waals surface area contributed by atoms with Crippen LogP contribution in [0.5, 0.6) is 0 Å². The number of amides is 1. The van der Waals surface area contributed by atoms with Crippen molar-refractivity contribution in [2.45, 2.75) is 19.4 Å². The molecule has 1 atom stereocenters. The van der Waals surface area contributed by atoms with Crippen LogP contribution in [0.2, 0.25) is 0 Å². The lowest BCUT2D eigenvalue weighted by atomic mass is 10.0. The summed E-state index contributed by atoms with van der Waals surface area (Å²) < 4.78 is 23.0. The summed E-state index contributed by atoms with van der Waals surface area (Å²) in [4.78, 5) is 20.6. The average molecular weight is 337 g/mol. The van der Waals surface area contributed by atoms with E-state index in [9.17, 15) is 13.2 Å². The molecule has 3 rings (SSSR count). The molecule has 2 fully saturated rings. The third-order valence-electron chi connectivity index (χ3n) is 4.67. The Hall–Kier alpha value is -1.47. The Labute approximate surface area is 137 Å². The maximum Gasteiger partial charge on any atom is 0.222 e. The number of carbonyl (C=O) groups excluding carboxylic acids is 1. The third kappa shape index (κ3) is 4.51. The molecule has 0 N–H and O–H groups in total. The van der Waals surface area contributed by atoms with E-state index in [-0.39, 0.29) is 23.3 Å². The predicted molar refractivity (Wildman–Crippen MR) is 87.5 cm³/mol. The van der Waals surface area contributed by atoms with E-state index in [1.807, 2.05) is 17.0 Å². The summed E-state index contributed by atoms with van der Waals surface area (Å²) >= 11 is 0. The highest BCUT2D eigenvalue weighted by atomic mass is 32.2. The van der Waals surface area contributed by atoms with Crippen molar-refractivity contribution in [1.29, 1.82) is 0 Å². The molecule has 6 nitrogen and oxygen atoms in total. The Morgan fingerprint density at radius 3 is 2.48 bits per heavy atom. The fraction of sp³-hybridized carbons (Fsp3) is 0.625. The van der Waals surface area contributed by atoms with E-state index in [1.54, 1.807) is 12.4 Å². The minimum atomic E-state index is -2.90. The number of hydrogen-bond acceptors (Lipinski definition) is 5. The van der Waals surface area contributed by atoms with E-state index >= 15 is 0 Å². The molecule has 126 valence electrons. The Balaban J connectivity index is 1.44. The fourth-order valence-corrected chi connectivity index (χ4v) is 5.17. The van der Waals surface area contributed by atoms with Crippen molar-refractivity contribution in [3.63, 3.8) is 0 Å². The average Bonchev–Trinajstić information content (AvgIpc) is 2.88. The second-order valence-electron chi connectivity index (χ2n) is 6.49. The second-order valence-corrected chi connectivity index (χ2v) is 8.71. The molecule has 0 radical (unpaired) electrons. The van der Waals surface area contributed by atoms with Gasteiger partial charge in [-0.05, 0) is 30.0 Å². The zero-order valence-electron chi connectivity index (χ0n) is 13.2. The Kier molecular flexibility index (Phi) is 4.96. The minimum absolute atomic E-state index is 0.0161. The zero-order valence-corrected chi connectivity index (χ0v) is 14.0. The molecule has 7 heteroatoms. The number of piperazine rings is 1. The van der Waals surface area contributed by atoms with Crippen LogP contribution in [0.3, 0.4) is 0 Å². The van der Waals surface area contributed by atoms with Gasteiger partial charge in [-0.25, -0.2) is 8.42 Å².